The average Bonchev–Trinajstić information content (AvgIpc) is 3.67. The Morgan fingerprint density at radius 3 is 2.21 bits per heavy atom. The minimum Gasteiger partial charge on any atom is -0.458 e. The first-order chi connectivity index (χ1) is 22.8. The zero-order chi connectivity index (χ0) is 32.8. The largest absolute Gasteiger partial charge is 0.458 e. The second-order valence-corrected chi connectivity index (χ2v) is 12.5. The average molecular weight is 640 g/mol. The highest BCUT2D eigenvalue weighted by Gasteiger charge is 2.76. The quantitative estimate of drug-likeness (QED) is 0.268. The summed E-state index contributed by atoms with van der Waals surface area (Å²) in [5, 5.41) is 13.9. The summed E-state index contributed by atoms with van der Waals surface area (Å²) in [6, 6.07) is 25.6. The van der Waals surface area contributed by atoms with Gasteiger partial charge >= 0.3 is 5.97 Å². The fraction of sp³-hybridized carbons (Fsp3) is 0.361. The normalized spacial score (nSPS) is 28.9. The molecule has 244 valence electrons. The molecule has 4 fully saturated rings. The molecule has 7 rings (SSSR count). The van der Waals surface area contributed by atoms with Crippen LogP contribution in [0.3, 0.4) is 0 Å². The topological polar surface area (TPSA) is 127 Å². The molecule has 11 heteroatoms. The number of rotatable bonds is 9. The standard InChI is InChI=1S/C36H37N3O8/c1-38(2)28(41)18-17-23-13-15-24(16-14-23)22-39-31-33(42)44-27-21-35(31,34(43)37-19-20-40)32(47-39)30-29(27)45-36(46-30,25-9-5-3-6-10-25)26-11-7-4-8-12-26/h3-18,27,29-32,40H,19-22H2,1-2H3,(H,37,43)/t27-,29+,30+,31+,32-,35+/m1/s1. The van der Waals surface area contributed by atoms with Crippen LogP contribution in [0.25, 0.3) is 6.08 Å². The number of nitrogens with zero attached hydrogens (tertiary/aromatic N) is 2. The molecule has 3 aromatic rings. The number of hydrogen-bond donors (Lipinski definition) is 2. The van der Waals surface area contributed by atoms with Gasteiger partial charge < -0.3 is 29.5 Å². The molecule has 6 atom stereocenters. The van der Waals surface area contributed by atoms with E-state index in [2.05, 4.69) is 5.32 Å². The maximum Gasteiger partial charge on any atom is 0.327 e. The van der Waals surface area contributed by atoms with Gasteiger partial charge in [-0.1, -0.05) is 84.9 Å². The molecule has 0 aromatic heterocycles. The number of likely N-dealkylation sites (N-methyl/N-ethyl adjacent to an activating group) is 1. The summed E-state index contributed by atoms with van der Waals surface area (Å²) >= 11 is 0. The van der Waals surface area contributed by atoms with Crippen LogP contribution in [-0.2, 0) is 45.8 Å². The van der Waals surface area contributed by atoms with E-state index in [1.165, 1.54) is 16.0 Å². The van der Waals surface area contributed by atoms with E-state index in [9.17, 15) is 19.5 Å². The van der Waals surface area contributed by atoms with Crippen LogP contribution in [-0.4, -0.2) is 90.6 Å². The van der Waals surface area contributed by atoms with E-state index in [4.69, 9.17) is 19.0 Å². The van der Waals surface area contributed by atoms with E-state index in [1.807, 2.05) is 84.9 Å². The number of nitrogens with one attached hydrogen (secondary N) is 1. The van der Waals surface area contributed by atoms with Gasteiger partial charge in [0.15, 0.2) is 6.04 Å². The van der Waals surface area contributed by atoms with Crippen molar-refractivity contribution in [1.29, 1.82) is 0 Å². The van der Waals surface area contributed by atoms with E-state index in [0.29, 0.717) is 0 Å². The molecule has 0 unspecified atom stereocenters. The SMILES string of the molecule is CN(C)C(=O)C=Cc1ccc(CN2O[C@@H]3[C@H]4OC(c5ccccc5)(c5ccccc5)O[C@H]4[C@H]4C[C@]3(C(=O)NCCO)[C@@H]2C(=O)O4)cc1. The number of amides is 2. The molecule has 2 amide bonds. The van der Waals surface area contributed by atoms with Gasteiger partial charge in [0.1, 0.15) is 29.8 Å². The summed E-state index contributed by atoms with van der Waals surface area (Å²) in [4.78, 5) is 48.1. The predicted octanol–water partition coefficient (Wildman–Crippen LogP) is 2.38. The molecule has 0 spiro atoms. The molecule has 3 saturated heterocycles. The first-order valence-corrected chi connectivity index (χ1v) is 15.7. The van der Waals surface area contributed by atoms with Gasteiger partial charge in [-0.25, -0.2) is 0 Å². The number of carbonyl (C=O) groups is 3. The lowest BCUT2D eigenvalue weighted by atomic mass is 9.62. The number of aliphatic hydroxyl groups is 1. The first kappa shape index (κ1) is 31.2. The summed E-state index contributed by atoms with van der Waals surface area (Å²) in [6.07, 6.45) is 0.224. The highest BCUT2D eigenvalue weighted by atomic mass is 16.8. The maximum atomic E-state index is 14.1. The Labute approximate surface area is 272 Å². The Balaban J connectivity index is 1.25. The third kappa shape index (κ3) is 5.24. The Morgan fingerprint density at radius 2 is 1.60 bits per heavy atom. The summed E-state index contributed by atoms with van der Waals surface area (Å²) in [6.45, 7) is -0.0564. The van der Waals surface area contributed by atoms with Crippen molar-refractivity contribution in [2.45, 2.75) is 49.2 Å². The number of ether oxygens (including phenoxy) is 3. The molecule has 47 heavy (non-hydrogen) atoms. The lowest BCUT2D eigenvalue weighted by molar-refractivity contribution is -0.213. The Hall–Kier alpha value is -4.39. The van der Waals surface area contributed by atoms with Crippen LogP contribution >= 0.6 is 0 Å². The molecule has 3 aromatic carbocycles. The highest BCUT2D eigenvalue weighted by molar-refractivity contribution is 5.93. The zero-order valence-electron chi connectivity index (χ0n) is 26.2. The van der Waals surface area contributed by atoms with Crippen molar-refractivity contribution in [2.24, 2.45) is 5.41 Å². The fourth-order valence-electron chi connectivity index (χ4n) is 7.25. The van der Waals surface area contributed by atoms with Gasteiger partial charge in [0.25, 0.3) is 0 Å². The van der Waals surface area contributed by atoms with Crippen LogP contribution in [0.1, 0.15) is 28.7 Å². The highest BCUT2D eigenvalue weighted by Crippen LogP contribution is 2.59. The number of carbonyl (C=O) groups excluding carboxylic acids is 3. The Morgan fingerprint density at radius 1 is 0.957 bits per heavy atom. The molecule has 4 aliphatic rings. The zero-order valence-corrected chi connectivity index (χ0v) is 26.2. The summed E-state index contributed by atoms with van der Waals surface area (Å²) in [5.41, 5.74) is 1.81. The molecule has 3 aliphatic heterocycles. The van der Waals surface area contributed by atoms with Crippen LogP contribution in [0.2, 0.25) is 0 Å². The predicted molar refractivity (Wildman–Crippen MR) is 169 cm³/mol. The molecule has 1 saturated carbocycles. The first-order valence-electron chi connectivity index (χ1n) is 15.7. The monoisotopic (exact) mass is 639 g/mol. The molecular formula is C36H37N3O8. The number of aliphatic hydroxyl groups excluding tert-OH is 1. The maximum absolute atomic E-state index is 14.1. The molecule has 2 N–H and O–H groups in total. The van der Waals surface area contributed by atoms with Gasteiger partial charge in [-0.3, -0.25) is 19.2 Å². The van der Waals surface area contributed by atoms with E-state index in [-0.39, 0.29) is 32.0 Å². The number of hydrogen-bond acceptors (Lipinski definition) is 9. The Bertz CT molecular complexity index is 1620. The van der Waals surface area contributed by atoms with Crippen molar-refractivity contribution in [2.75, 3.05) is 27.2 Å². The van der Waals surface area contributed by atoms with Gasteiger partial charge in [-0.15, -0.1) is 0 Å². The second-order valence-electron chi connectivity index (χ2n) is 12.5. The minimum absolute atomic E-state index is 0.0223. The number of esters is 1. The molecule has 1 aliphatic carbocycles. The van der Waals surface area contributed by atoms with E-state index >= 15 is 0 Å². The number of benzene rings is 3. The van der Waals surface area contributed by atoms with Crippen molar-refractivity contribution >= 4 is 23.9 Å². The fourth-order valence-corrected chi connectivity index (χ4v) is 7.25. The van der Waals surface area contributed by atoms with Crippen LogP contribution < -0.4 is 5.32 Å². The van der Waals surface area contributed by atoms with E-state index < -0.39 is 53.5 Å². The van der Waals surface area contributed by atoms with Gasteiger partial charge in [0, 0.05) is 44.3 Å². The van der Waals surface area contributed by atoms with Crippen LogP contribution in [0.5, 0.6) is 0 Å². The number of fused-ring (bicyclic) bond motifs is 4. The van der Waals surface area contributed by atoms with E-state index in [1.54, 1.807) is 20.2 Å². The molecular weight excluding hydrogens is 602 g/mol. The van der Waals surface area contributed by atoms with Crippen LogP contribution in [0, 0.1) is 5.41 Å². The second kappa shape index (κ2) is 12.3. The molecule has 11 nitrogen and oxygen atoms in total. The third-order valence-corrected chi connectivity index (χ3v) is 9.46. The van der Waals surface area contributed by atoms with Gasteiger partial charge in [0.2, 0.25) is 17.6 Å². The van der Waals surface area contributed by atoms with Crippen molar-refractivity contribution in [1.82, 2.24) is 15.3 Å². The lowest BCUT2D eigenvalue weighted by Gasteiger charge is -2.48. The van der Waals surface area contributed by atoms with Crippen molar-refractivity contribution in [3.63, 3.8) is 0 Å². The third-order valence-electron chi connectivity index (χ3n) is 9.46. The van der Waals surface area contributed by atoms with Crippen molar-refractivity contribution < 1.29 is 38.5 Å². The summed E-state index contributed by atoms with van der Waals surface area (Å²) in [5.74, 6) is -2.45. The van der Waals surface area contributed by atoms with Crippen LogP contribution in [0.4, 0.5) is 0 Å². The smallest absolute Gasteiger partial charge is 0.327 e. The van der Waals surface area contributed by atoms with Gasteiger partial charge in [-0.2, -0.15) is 5.06 Å². The van der Waals surface area contributed by atoms with Crippen molar-refractivity contribution in [3.05, 3.63) is 113 Å². The number of hydroxylamine groups is 2. The molecule has 3 heterocycles. The van der Waals surface area contributed by atoms with Gasteiger partial charge in [-0.05, 0) is 17.2 Å². The minimum atomic E-state index is -1.36. The lowest BCUT2D eigenvalue weighted by Crippen LogP contribution is -2.69. The van der Waals surface area contributed by atoms with E-state index in [0.717, 1.165) is 22.3 Å². The molecule has 2 bridgehead atoms. The Kier molecular flexibility index (Phi) is 8.19. The van der Waals surface area contributed by atoms with Gasteiger partial charge in [0.05, 0.1) is 13.2 Å². The summed E-state index contributed by atoms with van der Waals surface area (Å²) in [7, 11) is 3.37. The van der Waals surface area contributed by atoms with Crippen molar-refractivity contribution in [3.8, 4) is 0 Å². The molecule has 0 radical (unpaired) electrons. The summed E-state index contributed by atoms with van der Waals surface area (Å²) < 4.78 is 19.9. The van der Waals surface area contributed by atoms with Crippen LogP contribution in [0.15, 0.2) is 91.0 Å².